The number of carbonyl (C=O) groups excluding carboxylic acids is 2. The highest BCUT2D eigenvalue weighted by Gasteiger charge is 2.72. The SMILES string of the molecule is CC(C)C[C@H](NC(=O)OCC1c2ccccc2-c2ccccc21)C(=O)NCC1C(C(=O)O)C1(F)F. The molecule has 2 aromatic rings. The number of alkyl halides is 2. The quantitative estimate of drug-likeness (QED) is 0.497. The number of benzene rings is 2. The predicted molar refractivity (Wildman–Crippen MR) is 124 cm³/mol. The molecule has 2 aromatic carbocycles. The van der Waals surface area contributed by atoms with E-state index in [1.54, 1.807) is 0 Å². The third kappa shape index (κ3) is 4.99. The van der Waals surface area contributed by atoms with E-state index in [-0.39, 0.29) is 24.9 Å². The lowest BCUT2D eigenvalue weighted by molar-refractivity contribution is -0.141. The highest BCUT2D eigenvalue weighted by Crippen LogP contribution is 2.54. The molecular formula is C26H28F2N2O5. The first-order chi connectivity index (χ1) is 16.6. The van der Waals surface area contributed by atoms with Crippen LogP contribution in [-0.4, -0.2) is 48.2 Å². The molecule has 4 rings (SSSR count). The molecule has 0 aliphatic heterocycles. The van der Waals surface area contributed by atoms with Crippen LogP contribution in [0, 0.1) is 17.8 Å². The molecule has 35 heavy (non-hydrogen) atoms. The molecular weight excluding hydrogens is 458 g/mol. The Kier molecular flexibility index (Phi) is 6.78. The number of hydrogen-bond acceptors (Lipinski definition) is 4. The van der Waals surface area contributed by atoms with Gasteiger partial charge in [-0.2, -0.15) is 0 Å². The van der Waals surface area contributed by atoms with Crippen LogP contribution in [0.3, 0.4) is 0 Å². The number of amides is 2. The molecule has 2 aliphatic carbocycles. The number of ether oxygens (including phenoxy) is 1. The van der Waals surface area contributed by atoms with Gasteiger partial charge in [-0.15, -0.1) is 0 Å². The van der Waals surface area contributed by atoms with E-state index in [0.29, 0.717) is 0 Å². The predicted octanol–water partition coefficient (Wildman–Crippen LogP) is 4.02. The number of hydrogen-bond donors (Lipinski definition) is 3. The number of carboxylic acids is 1. The van der Waals surface area contributed by atoms with Crippen LogP contribution in [0.25, 0.3) is 11.1 Å². The summed E-state index contributed by atoms with van der Waals surface area (Å²) in [7, 11) is 0. The normalized spacial score (nSPS) is 20.5. The average Bonchev–Trinajstić information content (AvgIpc) is 3.22. The summed E-state index contributed by atoms with van der Waals surface area (Å²) >= 11 is 0. The minimum absolute atomic E-state index is 0.0220. The zero-order valence-electron chi connectivity index (χ0n) is 19.5. The Bertz CT molecular complexity index is 1090. The summed E-state index contributed by atoms with van der Waals surface area (Å²) in [5.74, 6) is -8.99. The second-order valence-corrected chi connectivity index (χ2v) is 9.49. The number of fused-ring (bicyclic) bond motifs is 3. The molecule has 0 aromatic heterocycles. The molecule has 3 atom stereocenters. The van der Waals surface area contributed by atoms with E-state index in [4.69, 9.17) is 9.84 Å². The minimum atomic E-state index is -3.35. The van der Waals surface area contributed by atoms with Crippen LogP contribution in [0.5, 0.6) is 0 Å². The second-order valence-electron chi connectivity index (χ2n) is 9.49. The Morgan fingerprint density at radius 1 is 1.03 bits per heavy atom. The largest absolute Gasteiger partial charge is 0.481 e. The summed E-state index contributed by atoms with van der Waals surface area (Å²) in [5, 5.41) is 13.8. The van der Waals surface area contributed by atoms with E-state index in [1.807, 2.05) is 62.4 Å². The van der Waals surface area contributed by atoms with Gasteiger partial charge in [0.2, 0.25) is 5.91 Å². The first-order valence-corrected chi connectivity index (χ1v) is 11.6. The average molecular weight is 487 g/mol. The first-order valence-electron chi connectivity index (χ1n) is 11.6. The number of carbonyl (C=O) groups is 3. The van der Waals surface area contributed by atoms with Gasteiger partial charge in [-0.3, -0.25) is 9.59 Å². The second kappa shape index (κ2) is 9.64. The van der Waals surface area contributed by atoms with Crippen molar-refractivity contribution in [1.29, 1.82) is 0 Å². The van der Waals surface area contributed by atoms with Crippen LogP contribution >= 0.6 is 0 Å². The van der Waals surface area contributed by atoms with Crippen LogP contribution in [0.15, 0.2) is 48.5 Å². The molecule has 1 fully saturated rings. The van der Waals surface area contributed by atoms with Crippen molar-refractivity contribution in [2.75, 3.05) is 13.2 Å². The van der Waals surface area contributed by atoms with E-state index in [1.165, 1.54) is 0 Å². The molecule has 2 aliphatic rings. The fraction of sp³-hybridized carbons (Fsp3) is 0.423. The lowest BCUT2D eigenvalue weighted by atomic mass is 9.98. The lowest BCUT2D eigenvalue weighted by Crippen LogP contribution is -2.48. The molecule has 3 N–H and O–H groups in total. The Balaban J connectivity index is 1.36. The monoisotopic (exact) mass is 486 g/mol. The molecule has 9 heteroatoms. The van der Waals surface area contributed by atoms with Crippen molar-refractivity contribution in [3.63, 3.8) is 0 Å². The lowest BCUT2D eigenvalue weighted by Gasteiger charge is -2.21. The van der Waals surface area contributed by atoms with E-state index >= 15 is 0 Å². The summed E-state index contributed by atoms with van der Waals surface area (Å²) in [5.41, 5.74) is 4.28. The highest BCUT2D eigenvalue weighted by atomic mass is 19.3. The molecule has 186 valence electrons. The number of aliphatic carboxylic acids is 1. The standard InChI is InChI=1S/C26H28F2N2O5/c1-14(2)11-21(23(31)29-12-20-22(24(32)33)26(20,27)28)30-25(34)35-13-19-17-9-5-3-7-15(17)16-8-4-6-10-18(16)19/h3-10,14,19-22H,11-13H2,1-2H3,(H,29,31)(H,30,34)(H,32,33)/t20?,21-,22?/m0/s1. The molecule has 0 bridgehead atoms. The fourth-order valence-electron chi connectivity index (χ4n) is 4.80. The van der Waals surface area contributed by atoms with Gasteiger partial charge in [0.1, 0.15) is 18.6 Å². The molecule has 0 spiro atoms. The Hall–Kier alpha value is -3.49. The van der Waals surface area contributed by atoms with Crippen LogP contribution in [0.2, 0.25) is 0 Å². The number of rotatable bonds is 9. The van der Waals surface area contributed by atoms with E-state index in [9.17, 15) is 23.2 Å². The van der Waals surface area contributed by atoms with Gasteiger partial charge >= 0.3 is 12.1 Å². The van der Waals surface area contributed by atoms with Crippen LogP contribution in [0.1, 0.15) is 37.3 Å². The molecule has 1 saturated carbocycles. The van der Waals surface area contributed by atoms with E-state index < -0.39 is 48.3 Å². The maximum absolute atomic E-state index is 13.6. The minimum Gasteiger partial charge on any atom is -0.481 e. The molecule has 2 amide bonds. The van der Waals surface area contributed by atoms with Crippen molar-refractivity contribution in [3.8, 4) is 11.1 Å². The van der Waals surface area contributed by atoms with Crippen LogP contribution in [-0.2, 0) is 14.3 Å². The smallest absolute Gasteiger partial charge is 0.407 e. The van der Waals surface area contributed by atoms with Gasteiger partial charge in [0.15, 0.2) is 0 Å². The van der Waals surface area contributed by atoms with Crippen LogP contribution < -0.4 is 10.6 Å². The topological polar surface area (TPSA) is 105 Å². The van der Waals surface area contributed by atoms with Crippen molar-refractivity contribution in [1.82, 2.24) is 10.6 Å². The summed E-state index contributed by atoms with van der Waals surface area (Å²) in [6, 6.07) is 14.8. The number of alkyl carbamates (subject to hydrolysis) is 1. The zero-order valence-corrected chi connectivity index (χ0v) is 19.5. The number of halogens is 2. The third-order valence-electron chi connectivity index (χ3n) is 6.62. The van der Waals surface area contributed by atoms with Gasteiger partial charge in [0.25, 0.3) is 5.92 Å². The summed E-state index contributed by atoms with van der Waals surface area (Å²) in [6.07, 6.45) is -0.521. The summed E-state index contributed by atoms with van der Waals surface area (Å²) in [4.78, 5) is 36.2. The van der Waals surface area contributed by atoms with Crippen molar-refractivity contribution in [2.24, 2.45) is 17.8 Å². The fourth-order valence-corrected chi connectivity index (χ4v) is 4.80. The third-order valence-corrected chi connectivity index (χ3v) is 6.62. The number of carboxylic acid groups (broad SMARTS) is 1. The van der Waals surface area contributed by atoms with Gasteiger partial charge in [0.05, 0.1) is 5.92 Å². The van der Waals surface area contributed by atoms with Gasteiger partial charge in [-0.1, -0.05) is 62.4 Å². The first kappa shape index (κ1) is 24.6. The number of nitrogens with one attached hydrogen (secondary N) is 2. The molecule has 0 radical (unpaired) electrons. The van der Waals surface area contributed by atoms with Crippen LogP contribution in [0.4, 0.5) is 13.6 Å². The zero-order chi connectivity index (χ0) is 25.3. The molecule has 0 heterocycles. The van der Waals surface area contributed by atoms with Gasteiger partial charge in [-0.25, -0.2) is 13.6 Å². The highest BCUT2D eigenvalue weighted by molar-refractivity contribution is 5.86. The molecule has 0 saturated heterocycles. The van der Waals surface area contributed by atoms with Crippen molar-refractivity contribution in [3.05, 3.63) is 59.7 Å². The summed E-state index contributed by atoms with van der Waals surface area (Å²) < 4.78 is 32.7. The maximum atomic E-state index is 13.6. The van der Waals surface area contributed by atoms with E-state index in [2.05, 4.69) is 10.6 Å². The van der Waals surface area contributed by atoms with E-state index in [0.717, 1.165) is 22.3 Å². The van der Waals surface area contributed by atoms with Gasteiger partial charge < -0.3 is 20.5 Å². The Labute approximate surface area is 201 Å². The Morgan fingerprint density at radius 3 is 2.11 bits per heavy atom. The van der Waals surface area contributed by atoms with Crippen molar-refractivity contribution >= 4 is 18.0 Å². The van der Waals surface area contributed by atoms with Crippen molar-refractivity contribution in [2.45, 2.75) is 38.2 Å². The molecule has 7 nitrogen and oxygen atoms in total. The van der Waals surface area contributed by atoms with Gasteiger partial charge in [-0.05, 0) is 34.6 Å². The maximum Gasteiger partial charge on any atom is 0.407 e. The molecule has 2 unspecified atom stereocenters. The summed E-state index contributed by atoms with van der Waals surface area (Å²) in [6.45, 7) is 3.30. The van der Waals surface area contributed by atoms with Crippen molar-refractivity contribution < 1.29 is 33.0 Å². The van der Waals surface area contributed by atoms with Gasteiger partial charge in [0, 0.05) is 12.5 Å². The Morgan fingerprint density at radius 2 is 1.60 bits per heavy atom.